The van der Waals surface area contributed by atoms with E-state index in [1.165, 1.54) is 5.56 Å². The smallest absolute Gasteiger partial charge is 0.114 e. The lowest BCUT2D eigenvalue weighted by Crippen LogP contribution is -2.22. The van der Waals surface area contributed by atoms with Gasteiger partial charge in [-0.3, -0.25) is 0 Å². The summed E-state index contributed by atoms with van der Waals surface area (Å²) in [7, 11) is 0. The van der Waals surface area contributed by atoms with Crippen LogP contribution in [0.3, 0.4) is 0 Å². The van der Waals surface area contributed by atoms with E-state index in [9.17, 15) is 0 Å². The molecule has 102 valence electrons. The van der Waals surface area contributed by atoms with Crippen molar-refractivity contribution in [2.24, 2.45) is 0 Å². The van der Waals surface area contributed by atoms with Crippen LogP contribution in [-0.2, 0) is 6.54 Å². The van der Waals surface area contributed by atoms with E-state index in [0.29, 0.717) is 6.04 Å². The molecule has 0 aliphatic heterocycles. The predicted octanol–water partition coefficient (Wildman–Crippen LogP) is 4.89. The summed E-state index contributed by atoms with van der Waals surface area (Å²) in [6.07, 6.45) is 1.71. The number of benzene rings is 1. The van der Waals surface area contributed by atoms with Gasteiger partial charge in [0.05, 0.1) is 16.2 Å². The predicted molar refractivity (Wildman–Crippen MR) is 81.0 cm³/mol. The maximum atomic E-state index is 6.33. The molecule has 0 saturated carbocycles. The zero-order valence-electron chi connectivity index (χ0n) is 11.4. The number of furan rings is 1. The van der Waals surface area contributed by atoms with Crippen molar-refractivity contribution in [1.82, 2.24) is 5.32 Å². The van der Waals surface area contributed by atoms with Crippen LogP contribution in [0.1, 0.15) is 25.2 Å². The number of nitrogens with one attached hydrogen (secondary N) is 1. The van der Waals surface area contributed by atoms with Crippen LogP contribution >= 0.6 is 23.4 Å². The van der Waals surface area contributed by atoms with Crippen LogP contribution in [0, 0.1) is 6.92 Å². The highest BCUT2D eigenvalue weighted by Gasteiger charge is 2.11. The summed E-state index contributed by atoms with van der Waals surface area (Å²) in [6, 6.07) is 8.46. The van der Waals surface area contributed by atoms with E-state index in [2.05, 4.69) is 25.2 Å². The zero-order chi connectivity index (χ0) is 13.8. The highest BCUT2D eigenvalue weighted by atomic mass is 35.5. The second-order valence-corrected chi connectivity index (χ2v) is 6.17. The maximum Gasteiger partial charge on any atom is 0.114 e. The molecule has 0 saturated heterocycles. The van der Waals surface area contributed by atoms with Gasteiger partial charge < -0.3 is 9.73 Å². The largest absolute Gasteiger partial charge is 0.468 e. The highest BCUT2D eigenvalue weighted by Crippen LogP contribution is 2.37. The van der Waals surface area contributed by atoms with Gasteiger partial charge in [0.25, 0.3) is 0 Å². The van der Waals surface area contributed by atoms with Crippen molar-refractivity contribution in [2.45, 2.75) is 43.1 Å². The van der Waals surface area contributed by atoms with Crippen molar-refractivity contribution in [1.29, 1.82) is 0 Å². The summed E-state index contributed by atoms with van der Waals surface area (Å²) in [6.45, 7) is 7.05. The molecule has 2 nitrogen and oxygen atoms in total. The van der Waals surface area contributed by atoms with Crippen molar-refractivity contribution in [3.8, 4) is 0 Å². The molecular formula is C15H18ClNOS. The number of rotatable bonds is 5. The highest BCUT2D eigenvalue weighted by molar-refractivity contribution is 7.99. The second-order valence-electron chi connectivity index (χ2n) is 4.71. The van der Waals surface area contributed by atoms with E-state index < -0.39 is 0 Å². The molecule has 1 heterocycles. The minimum atomic E-state index is 0.451. The van der Waals surface area contributed by atoms with Crippen molar-refractivity contribution >= 4 is 23.4 Å². The van der Waals surface area contributed by atoms with Crippen LogP contribution in [0.5, 0.6) is 0 Å². The molecule has 0 amide bonds. The molecular weight excluding hydrogens is 278 g/mol. The summed E-state index contributed by atoms with van der Waals surface area (Å²) in [5.74, 6) is 0.924. The maximum absolute atomic E-state index is 6.33. The minimum absolute atomic E-state index is 0.451. The molecule has 1 N–H and O–H groups in total. The lowest BCUT2D eigenvalue weighted by Gasteiger charge is -2.13. The summed E-state index contributed by atoms with van der Waals surface area (Å²) >= 11 is 7.99. The minimum Gasteiger partial charge on any atom is -0.468 e. The van der Waals surface area contributed by atoms with Gasteiger partial charge in [0, 0.05) is 17.5 Å². The van der Waals surface area contributed by atoms with Crippen LogP contribution in [0.2, 0.25) is 5.02 Å². The fraction of sp³-hybridized carbons (Fsp3) is 0.333. The Morgan fingerprint density at radius 2 is 2.11 bits per heavy atom. The lowest BCUT2D eigenvalue weighted by molar-refractivity contribution is 0.527. The Labute approximate surface area is 123 Å². The van der Waals surface area contributed by atoms with Crippen molar-refractivity contribution < 1.29 is 4.42 Å². The average molecular weight is 296 g/mol. The summed E-state index contributed by atoms with van der Waals surface area (Å²) in [4.78, 5) is 2.21. The number of hydrogen-bond acceptors (Lipinski definition) is 3. The Balaban J connectivity index is 2.25. The van der Waals surface area contributed by atoms with E-state index in [0.717, 1.165) is 27.1 Å². The molecule has 2 aromatic rings. The van der Waals surface area contributed by atoms with Crippen molar-refractivity contribution in [2.75, 3.05) is 0 Å². The average Bonchev–Trinajstić information content (AvgIpc) is 2.76. The Kier molecular flexibility index (Phi) is 4.97. The fourth-order valence-electron chi connectivity index (χ4n) is 1.71. The van der Waals surface area contributed by atoms with Gasteiger partial charge >= 0.3 is 0 Å². The molecule has 1 aromatic heterocycles. The first-order valence-electron chi connectivity index (χ1n) is 6.30. The topological polar surface area (TPSA) is 25.2 Å². The van der Waals surface area contributed by atoms with Gasteiger partial charge in [-0.05, 0) is 24.6 Å². The summed E-state index contributed by atoms with van der Waals surface area (Å²) in [5.41, 5.74) is 1.21. The first-order valence-corrected chi connectivity index (χ1v) is 7.50. The molecule has 2 rings (SSSR count). The van der Waals surface area contributed by atoms with E-state index in [1.54, 1.807) is 18.0 Å². The summed E-state index contributed by atoms with van der Waals surface area (Å²) < 4.78 is 5.34. The van der Waals surface area contributed by atoms with Gasteiger partial charge in [0.1, 0.15) is 5.76 Å². The van der Waals surface area contributed by atoms with Gasteiger partial charge in [0.2, 0.25) is 0 Å². The number of halogens is 1. The van der Waals surface area contributed by atoms with Crippen molar-refractivity contribution in [3.63, 3.8) is 0 Å². The number of aryl methyl sites for hydroxylation is 1. The Hall–Kier alpha value is -0.900. The van der Waals surface area contributed by atoms with Gasteiger partial charge in [-0.25, -0.2) is 0 Å². The van der Waals surface area contributed by atoms with E-state index >= 15 is 0 Å². The third-order valence-corrected chi connectivity index (χ3v) is 4.53. The lowest BCUT2D eigenvalue weighted by atomic mass is 10.2. The molecule has 0 radical (unpaired) electrons. The first-order chi connectivity index (χ1) is 9.08. The molecule has 0 fully saturated rings. The fourth-order valence-corrected chi connectivity index (χ4v) is 2.99. The van der Waals surface area contributed by atoms with Gasteiger partial charge in [-0.1, -0.05) is 49.3 Å². The SMILES string of the molecule is Cc1occc1Sc1c(Cl)cccc1CNC(C)C. The molecule has 19 heavy (non-hydrogen) atoms. The van der Waals surface area contributed by atoms with Gasteiger partial charge in [-0.15, -0.1) is 0 Å². The normalized spacial score (nSPS) is 11.2. The summed E-state index contributed by atoms with van der Waals surface area (Å²) in [5, 5.41) is 4.21. The van der Waals surface area contributed by atoms with Crippen LogP contribution in [0.25, 0.3) is 0 Å². The molecule has 0 spiro atoms. The van der Waals surface area contributed by atoms with Crippen LogP contribution in [0.4, 0.5) is 0 Å². The van der Waals surface area contributed by atoms with E-state index in [-0.39, 0.29) is 0 Å². The third kappa shape index (κ3) is 3.78. The molecule has 1 aromatic carbocycles. The van der Waals surface area contributed by atoms with E-state index in [1.807, 2.05) is 25.1 Å². The van der Waals surface area contributed by atoms with Crippen LogP contribution in [-0.4, -0.2) is 6.04 Å². The Morgan fingerprint density at radius 3 is 2.74 bits per heavy atom. The Morgan fingerprint density at radius 1 is 1.32 bits per heavy atom. The number of hydrogen-bond donors (Lipinski definition) is 1. The molecule has 0 aliphatic carbocycles. The first kappa shape index (κ1) is 14.5. The monoisotopic (exact) mass is 295 g/mol. The van der Waals surface area contributed by atoms with Gasteiger partial charge in [-0.2, -0.15) is 0 Å². The van der Waals surface area contributed by atoms with Crippen LogP contribution in [0.15, 0.2) is 44.7 Å². The van der Waals surface area contributed by atoms with Crippen molar-refractivity contribution in [3.05, 3.63) is 46.9 Å². The Bertz CT molecular complexity index is 551. The molecule has 0 atom stereocenters. The molecule has 0 bridgehead atoms. The van der Waals surface area contributed by atoms with Crippen LogP contribution < -0.4 is 5.32 Å². The molecule has 0 aliphatic rings. The standard InChI is InChI=1S/C15H18ClNOS/c1-10(2)17-9-12-5-4-6-13(16)15(12)19-14-7-8-18-11(14)3/h4-8,10,17H,9H2,1-3H3. The molecule has 0 unspecified atom stereocenters. The quantitative estimate of drug-likeness (QED) is 0.850. The van der Waals surface area contributed by atoms with Gasteiger partial charge in [0.15, 0.2) is 0 Å². The second kappa shape index (κ2) is 6.51. The van der Waals surface area contributed by atoms with E-state index in [4.69, 9.17) is 16.0 Å². The molecule has 4 heteroatoms. The zero-order valence-corrected chi connectivity index (χ0v) is 12.9. The third-order valence-electron chi connectivity index (χ3n) is 2.77.